The number of fused-ring (bicyclic) bond motifs is 1. The summed E-state index contributed by atoms with van der Waals surface area (Å²) >= 11 is 6.12. The topological polar surface area (TPSA) is 53.1 Å². The summed E-state index contributed by atoms with van der Waals surface area (Å²) in [6, 6.07) is 8.85. The van der Waals surface area contributed by atoms with E-state index in [-0.39, 0.29) is 23.2 Å². The zero-order valence-corrected chi connectivity index (χ0v) is 15.2. The molecule has 26 heavy (non-hydrogen) atoms. The summed E-state index contributed by atoms with van der Waals surface area (Å²) < 4.78 is 19.0. The number of carbonyl (C=O) groups is 2. The molecule has 2 aromatic rings. The van der Waals surface area contributed by atoms with Crippen LogP contribution >= 0.6 is 11.6 Å². The monoisotopic (exact) mass is 377 g/mol. The molecule has 1 aliphatic heterocycles. The Morgan fingerprint density at radius 2 is 1.88 bits per heavy atom. The van der Waals surface area contributed by atoms with Gasteiger partial charge in [0.25, 0.3) is 0 Å². The SMILES string of the molecule is COC(=O)c1ccc2c(c1)N(Cc1c(F)cccc1Cl)C(=O)N(C)N2C. The average Bonchev–Trinajstić information content (AvgIpc) is 2.64. The molecule has 0 saturated heterocycles. The van der Waals surface area contributed by atoms with Crippen LogP contribution in [-0.2, 0) is 11.3 Å². The van der Waals surface area contributed by atoms with Crippen molar-refractivity contribution >= 4 is 35.0 Å². The molecule has 0 fully saturated rings. The van der Waals surface area contributed by atoms with E-state index in [2.05, 4.69) is 0 Å². The number of benzene rings is 2. The van der Waals surface area contributed by atoms with Crippen LogP contribution in [0.1, 0.15) is 15.9 Å². The molecule has 0 radical (unpaired) electrons. The summed E-state index contributed by atoms with van der Waals surface area (Å²) in [5.41, 5.74) is 1.65. The minimum atomic E-state index is -0.522. The molecule has 0 saturated carbocycles. The normalized spacial score (nSPS) is 13.7. The molecular formula is C18H17ClFN3O3. The van der Waals surface area contributed by atoms with Gasteiger partial charge in [-0.3, -0.25) is 9.91 Å². The van der Waals surface area contributed by atoms with Crippen LogP contribution in [0.15, 0.2) is 36.4 Å². The third kappa shape index (κ3) is 2.94. The molecule has 0 aromatic heterocycles. The van der Waals surface area contributed by atoms with Crippen molar-refractivity contribution < 1.29 is 18.7 Å². The van der Waals surface area contributed by atoms with Crippen molar-refractivity contribution in [3.8, 4) is 0 Å². The van der Waals surface area contributed by atoms with Crippen LogP contribution in [0.3, 0.4) is 0 Å². The number of nitrogens with zero attached hydrogens (tertiary/aromatic N) is 3. The third-order valence-electron chi connectivity index (χ3n) is 4.37. The third-order valence-corrected chi connectivity index (χ3v) is 4.73. The number of esters is 1. The number of rotatable bonds is 3. The number of urea groups is 1. The van der Waals surface area contributed by atoms with Crippen molar-refractivity contribution in [2.45, 2.75) is 6.54 Å². The molecule has 0 atom stereocenters. The van der Waals surface area contributed by atoms with Gasteiger partial charge >= 0.3 is 12.0 Å². The van der Waals surface area contributed by atoms with Crippen LogP contribution in [0.4, 0.5) is 20.6 Å². The van der Waals surface area contributed by atoms with Gasteiger partial charge in [-0.1, -0.05) is 17.7 Å². The number of carbonyl (C=O) groups excluding carboxylic acids is 2. The molecule has 2 amide bonds. The first-order chi connectivity index (χ1) is 12.3. The number of halogens is 2. The molecule has 1 aliphatic rings. The fourth-order valence-electron chi connectivity index (χ4n) is 2.82. The van der Waals surface area contributed by atoms with Gasteiger partial charge in [-0.2, -0.15) is 0 Å². The lowest BCUT2D eigenvalue weighted by Crippen LogP contribution is -2.53. The minimum Gasteiger partial charge on any atom is -0.465 e. The first-order valence-corrected chi connectivity index (χ1v) is 8.17. The van der Waals surface area contributed by atoms with Gasteiger partial charge in [0, 0.05) is 24.7 Å². The predicted octanol–water partition coefficient (Wildman–Crippen LogP) is 3.69. The molecule has 2 aromatic carbocycles. The zero-order valence-electron chi connectivity index (χ0n) is 14.5. The van der Waals surface area contributed by atoms with Gasteiger partial charge in [0.1, 0.15) is 5.82 Å². The summed E-state index contributed by atoms with van der Waals surface area (Å²) in [7, 11) is 4.61. The fraction of sp³-hybridized carbons (Fsp3) is 0.222. The number of hydrogen-bond acceptors (Lipinski definition) is 4. The Morgan fingerprint density at radius 1 is 1.15 bits per heavy atom. The first-order valence-electron chi connectivity index (χ1n) is 7.79. The lowest BCUT2D eigenvalue weighted by molar-refractivity contribution is 0.0600. The highest BCUT2D eigenvalue weighted by atomic mass is 35.5. The summed E-state index contributed by atoms with van der Waals surface area (Å²) in [6.45, 7) is -0.0693. The summed E-state index contributed by atoms with van der Waals surface area (Å²) in [6.07, 6.45) is 0. The Kier molecular flexibility index (Phi) is 4.73. The molecule has 0 spiro atoms. The number of ether oxygens (including phenoxy) is 1. The highest BCUT2D eigenvalue weighted by Gasteiger charge is 2.33. The van der Waals surface area contributed by atoms with E-state index in [0.717, 1.165) is 0 Å². The van der Waals surface area contributed by atoms with E-state index in [1.165, 1.54) is 29.2 Å². The van der Waals surface area contributed by atoms with Crippen LogP contribution in [0, 0.1) is 5.82 Å². The van der Waals surface area contributed by atoms with Crippen LogP contribution in [0.2, 0.25) is 5.02 Å². The summed E-state index contributed by atoms with van der Waals surface area (Å²) in [4.78, 5) is 26.1. The molecule has 3 rings (SSSR count). The van der Waals surface area contributed by atoms with E-state index in [9.17, 15) is 14.0 Å². The molecule has 1 heterocycles. The molecule has 0 unspecified atom stereocenters. The van der Waals surface area contributed by atoms with Gasteiger partial charge in [0.15, 0.2) is 0 Å². The van der Waals surface area contributed by atoms with Gasteiger partial charge in [0.2, 0.25) is 0 Å². The van der Waals surface area contributed by atoms with Crippen LogP contribution in [0.5, 0.6) is 0 Å². The Labute approximate surface area is 155 Å². The number of amides is 2. The number of hydrogen-bond donors (Lipinski definition) is 0. The van der Waals surface area contributed by atoms with E-state index < -0.39 is 11.8 Å². The van der Waals surface area contributed by atoms with Gasteiger partial charge < -0.3 is 4.74 Å². The second kappa shape index (κ2) is 6.84. The summed E-state index contributed by atoms with van der Waals surface area (Å²) in [5, 5.41) is 3.28. The molecule has 136 valence electrons. The maximum absolute atomic E-state index is 14.2. The lowest BCUT2D eigenvalue weighted by Gasteiger charge is -2.42. The van der Waals surface area contributed by atoms with E-state index in [1.807, 2.05) is 0 Å². The Morgan fingerprint density at radius 3 is 2.54 bits per heavy atom. The van der Waals surface area contributed by atoms with Crippen molar-refractivity contribution in [2.24, 2.45) is 0 Å². The smallest absolute Gasteiger partial charge is 0.343 e. The Bertz CT molecular complexity index is 870. The van der Waals surface area contributed by atoms with E-state index in [0.29, 0.717) is 16.9 Å². The number of hydrazine groups is 1. The van der Waals surface area contributed by atoms with Crippen molar-refractivity contribution in [3.63, 3.8) is 0 Å². The minimum absolute atomic E-state index is 0.0693. The second-order valence-corrected chi connectivity index (χ2v) is 6.22. The zero-order chi connectivity index (χ0) is 19.0. The lowest BCUT2D eigenvalue weighted by atomic mass is 10.1. The Hall–Kier alpha value is -2.80. The first kappa shape index (κ1) is 18.0. The molecule has 0 aliphatic carbocycles. The fourth-order valence-corrected chi connectivity index (χ4v) is 3.04. The highest BCUT2D eigenvalue weighted by molar-refractivity contribution is 6.31. The second-order valence-electron chi connectivity index (χ2n) is 5.81. The highest BCUT2D eigenvalue weighted by Crippen LogP contribution is 2.37. The Balaban J connectivity index is 2.11. The largest absolute Gasteiger partial charge is 0.465 e. The molecule has 0 bridgehead atoms. The molecule has 6 nitrogen and oxygen atoms in total. The van der Waals surface area contributed by atoms with Crippen LogP contribution < -0.4 is 9.91 Å². The van der Waals surface area contributed by atoms with Gasteiger partial charge in [-0.05, 0) is 30.3 Å². The van der Waals surface area contributed by atoms with Crippen molar-refractivity contribution in [2.75, 3.05) is 31.1 Å². The van der Waals surface area contributed by atoms with E-state index in [1.54, 1.807) is 43.4 Å². The maximum atomic E-state index is 14.2. The maximum Gasteiger partial charge on any atom is 0.343 e. The van der Waals surface area contributed by atoms with E-state index in [4.69, 9.17) is 16.3 Å². The van der Waals surface area contributed by atoms with Gasteiger partial charge in [-0.25, -0.2) is 19.0 Å². The van der Waals surface area contributed by atoms with Gasteiger partial charge in [-0.15, -0.1) is 0 Å². The number of methoxy groups -OCH3 is 1. The van der Waals surface area contributed by atoms with Crippen molar-refractivity contribution in [1.82, 2.24) is 5.01 Å². The van der Waals surface area contributed by atoms with Gasteiger partial charge in [0.05, 0.1) is 30.6 Å². The standard InChI is InChI=1S/C18H17ClFN3O3/c1-21-15-8-7-11(17(24)26-3)9-16(15)23(18(25)22(21)2)10-12-13(19)5-4-6-14(12)20/h4-9H,10H2,1-3H3. The van der Waals surface area contributed by atoms with Crippen LogP contribution in [0.25, 0.3) is 0 Å². The van der Waals surface area contributed by atoms with E-state index >= 15 is 0 Å². The average molecular weight is 378 g/mol. The summed E-state index contributed by atoms with van der Waals surface area (Å²) in [5.74, 6) is -1.02. The van der Waals surface area contributed by atoms with Crippen LogP contribution in [-0.4, -0.2) is 38.2 Å². The molecule has 8 heteroatoms. The molecule has 0 N–H and O–H groups in total. The molecular weight excluding hydrogens is 361 g/mol. The predicted molar refractivity (Wildman–Crippen MR) is 96.9 cm³/mol. The van der Waals surface area contributed by atoms with Crippen molar-refractivity contribution in [3.05, 3.63) is 58.4 Å². The number of anilines is 2. The van der Waals surface area contributed by atoms with Crippen molar-refractivity contribution in [1.29, 1.82) is 0 Å². The quantitative estimate of drug-likeness (QED) is 0.765.